The standard InChI is InChI=1S/C93H182O17P2/c1-6-9-12-15-18-21-24-26-28-30-32-34-36-38-40-44-48-52-57-62-67-72-77-91(96)104-83-89(110-93(98)78-73-68-63-58-53-49-45-41-39-37-35-33-31-29-27-25-22-19-16-13-10-7-2)85-108-112(101,102)106-81-87(94)80-105-111(99,100)107-84-88(82-103-90(95)76-71-66-61-56-23-20-17-14-11-8-3)109-92(97)79-74-69-64-59-54-50-46-42-43-47-51-55-60-65-70-75-86(4)5/h86-89,94H,6-85H2,1-5H3,(H,99,100)(H,101,102)/t87-,88+,89+/m0/s1. The third-order valence-corrected chi connectivity index (χ3v) is 23.9. The second kappa shape index (κ2) is 85.5. The van der Waals surface area contributed by atoms with Crippen molar-refractivity contribution in [1.82, 2.24) is 0 Å². The zero-order valence-corrected chi connectivity index (χ0v) is 75.6. The number of carbonyl (C=O) groups is 4. The van der Waals surface area contributed by atoms with Crippen LogP contribution in [-0.4, -0.2) is 96.7 Å². The zero-order chi connectivity index (χ0) is 81.8. The van der Waals surface area contributed by atoms with Crippen LogP contribution in [0.25, 0.3) is 0 Å². The first kappa shape index (κ1) is 110. The van der Waals surface area contributed by atoms with Crippen LogP contribution in [0.15, 0.2) is 0 Å². The molecule has 0 bridgehead atoms. The predicted octanol–water partition coefficient (Wildman–Crippen LogP) is 29.1. The fourth-order valence-corrected chi connectivity index (χ4v) is 16.3. The Bertz CT molecular complexity index is 2120. The summed E-state index contributed by atoms with van der Waals surface area (Å²) in [5, 5.41) is 10.7. The van der Waals surface area contributed by atoms with Gasteiger partial charge in [-0.1, -0.05) is 458 Å². The van der Waals surface area contributed by atoms with Crippen LogP contribution in [0.2, 0.25) is 0 Å². The van der Waals surface area contributed by atoms with E-state index < -0.39 is 97.5 Å². The third-order valence-electron chi connectivity index (χ3n) is 22.0. The number of esters is 4. The van der Waals surface area contributed by atoms with E-state index in [9.17, 15) is 43.2 Å². The van der Waals surface area contributed by atoms with Crippen molar-refractivity contribution in [2.75, 3.05) is 39.6 Å². The highest BCUT2D eigenvalue weighted by atomic mass is 31.2. The summed E-state index contributed by atoms with van der Waals surface area (Å²) in [7, 11) is -9.93. The van der Waals surface area contributed by atoms with Crippen molar-refractivity contribution in [1.29, 1.82) is 0 Å². The maximum Gasteiger partial charge on any atom is 0.472 e. The van der Waals surface area contributed by atoms with Gasteiger partial charge in [0.15, 0.2) is 12.2 Å². The number of unbranched alkanes of at least 4 members (excludes halogenated alkanes) is 65. The molecule has 0 saturated heterocycles. The van der Waals surface area contributed by atoms with E-state index in [0.717, 1.165) is 95.8 Å². The van der Waals surface area contributed by atoms with E-state index in [0.29, 0.717) is 25.7 Å². The number of carbonyl (C=O) groups excluding carboxylic acids is 4. The van der Waals surface area contributed by atoms with Crippen molar-refractivity contribution in [3.05, 3.63) is 0 Å². The van der Waals surface area contributed by atoms with Gasteiger partial charge in [-0.2, -0.15) is 0 Å². The van der Waals surface area contributed by atoms with E-state index in [1.54, 1.807) is 0 Å². The number of aliphatic hydroxyl groups is 1. The predicted molar refractivity (Wildman–Crippen MR) is 465 cm³/mol. The smallest absolute Gasteiger partial charge is 0.462 e. The van der Waals surface area contributed by atoms with Crippen LogP contribution in [0.1, 0.15) is 510 Å². The van der Waals surface area contributed by atoms with Gasteiger partial charge in [-0.05, 0) is 31.6 Å². The number of rotatable bonds is 93. The summed E-state index contributed by atoms with van der Waals surface area (Å²) in [4.78, 5) is 73.4. The molecule has 0 spiro atoms. The normalized spacial score (nSPS) is 13.7. The molecule has 0 aliphatic heterocycles. The Morgan fingerprint density at radius 1 is 0.241 bits per heavy atom. The molecule has 0 amide bonds. The van der Waals surface area contributed by atoms with Crippen molar-refractivity contribution in [3.8, 4) is 0 Å². The Balaban J connectivity index is 5.20. The lowest BCUT2D eigenvalue weighted by atomic mass is 10.0. The van der Waals surface area contributed by atoms with E-state index >= 15 is 0 Å². The number of phosphoric acid groups is 2. The first-order valence-electron chi connectivity index (χ1n) is 48.1. The Hall–Kier alpha value is -1.94. The van der Waals surface area contributed by atoms with Crippen LogP contribution in [0.3, 0.4) is 0 Å². The molecule has 5 atom stereocenters. The molecule has 666 valence electrons. The maximum atomic E-state index is 13.2. The third kappa shape index (κ3) is 85.9. The van der Waals surface area contributed by atoms with Crippen molar-refractivity contribution >= 4 is 39.5 Å². The number of phosphoric ester groups is 2. The van der Waals surface area contributed by atoms with Crippen LogP contribution in [0.5, 0.6) is 0 Å². The maximum absolute atomic E-state index is 13.2. The van der Waals surface area contributed by atoms with E-state index in [2.05, 4.69) is 34.6 Å². The molecule has 0 aromatic carbocycles. The summed E-state index contributed by atoms with van der Waals surface area (Å²) < 4.78 is 69.1. The van der Waals surface area contributed by atoms with Gasteiger partial charge in [0.25, 0.3) is 0 Å². The van der Waals surface area contributed by atoms with E-state index in [4.69, 9.17) is 37.0 Å². The molecule has 0 aromatic rings. The molecule has 0 fully saturated rings. The summed E-state index contributed by atoms with van der Waals surface area (Å²) in [6, 6.07) is 0. The topological polar surface area (TPSA) is 237 Å². The first-order valence-corrected chi connectivity index (χ1v) is 51.1. The SMILES string of the molecule is CCCCCCCCCCCCCCCCCCCCCCCCC(=O)OC[C@H](COP(=O)(O)OC[C@@H](O)COP(=O)(O)OC[C@@H](COC(=O)CCCCCCCCCCCC)OC(=O)CCCCCCCCCCCCCCCCCC(C)C)OC(=O)CCCCCCCCCCCCCCCCCCCCCCCC. The zero-order valence-electron chi connectivity index (χ0n) is 73.8. The lowest BCUT2D eigenvalue weighted by Crippen LogP contribution is -2.30. The summed E-state index contributed by atoms with van der Waals surface area (Å²) in [6.07, 6.45) is 82.2. The quantitative estimate of drug-likeness (QED) is 0.0222. The van der Waals surface area contributed by atoms with Gasteiger partial charge in [-0.25, -0.2) is 9.13 Å². The van der Waals surface area contributed by atoms with Gasteiger partial charge in [0.05, 0.1) is 26.4 Å². The monoisotopic (exact) mass is 1630 g/mol. The molecule has 2 unspecified atom stereocenters. The Morgan fingerprint density at radius 2 is 0.411 bits per heavy atom. The molecule has 112 heavy (non-hydrogen) atoms. The Morgan fingerprint density at radius 3 is 0.607 bits per heavy atom. The number of aliphatic hydroxyl groups excluding tert-OH is 1. The minimum Gasteiger partial charge on any atom is -0.462 e. The molecule has 0 aromatic heterocycles. The number of hydrogen-bond donors (Lipinski definition) is 3. The second-order valence-corrected chi connectivity index (χ2v) is 36.8. The lowest BCUT2D eigenvalue weighted by Gasteiger charge is -2.21. The molecule has 0 saturated carbocycles. The van der Waals surface area contributed by atoms with E-state index in [1.165, 1.54) is 334 Å². The van der Waals surface area contributed by atoms with Crippen LogP contribution < -0.4 is 0 Å². The molecular weight excluding hydrogens is 1450 g/mol. The highest BCUT2D eigenvalue weighted by Crippen LogP contribution is 2.45. The van der Waals surface area contributed by atoms with Crippen LogP contribution in [0.4, 0.5) is 0 Å². The van der Waals surface area contributed by atoms with Crippen molar-refractivity contribution in [2.45, 2.75) is 528 Å². The van der Waals surface area contributed by atoms with Crippen LogP contribution in [0, 0.1) is 5.92 Å². The number of hydrogen-bond acceptors (Lipinski definition) is 15. The Labute approximate surface area is 689 Å². The van der Waals surface area contributed by atoms with Crippen LogP contribution in [-0.2, 0) is 65.4 Å². The largest absolute Gasteiger partial charge is 0.472 e. The van der Waals surface area contributed by atoms with Crippen molar-refractivity contribution in [3.63, 3.8) is 0 Å². The summed E-state index contributed by atoms with van der Waals surface area (Å²) in [5.74, 6) is -1.29. The van der Waals surface area contributed by atoms with Gasteiger partial charge < -0.3 is 33.8 Å². The highest BCUT2D eigenvalue weighted by molar-refractivity contribution is 7.47. The van der Waals surface area contributed by atoms with Crippen molar-refractivity contribution in [2.24, 2.45) is 5.92 Å². The number of ether oxygens (including phenoxy) is 4. The van der Waals surface area contributed by atoms with E-state index in [-0.39, 0.29) is 25.7 Å². The van der Waals surface area contributed by atoms with Gasteiger partial charge in [0.2, 0.25) is 0 Å². The molecule has 3 N–H and O–H groups in total. The van der Waals surface area contributed by atoms with Gasteiger partial charge in [0, 0.05) is 25.7 Å². The first-order chi connectivity index (χ1) is 54.5. The average molecular weight is 1630 g/mol. The molecule has 0 rings (SSSR count). The molecule has 0 aliphatic rings. The van der Waals surface area contributed by atoms with Crippen LogP contribution >= 0.6 is 15.6 Å². The fraction of sp³-hybridized carbons (Fsp3) is 0.957. The molecule has 0 heterocycles. The Kier molecular flexibility index (Phi) is 84.0. The van der Waals surface area contributed by atoms with E-state index in [1.807, 2.05) is 0 Å². The fourth-order valence-electron chi connectivity index (χ4n) is 14.7. The molecule has 17 nitrogen and oxygen atoms in total. The second-order valence-electron chi connectivity index (χ2n) is 33.9. The highest BCUT2D eigenvalue weighted by Gasteiger charge is 2.31. The minimum absolute atomic E-state index is 0.109. The van der Waals surface area contributed by atoms with Crippen molar-refractivity contribution < 1.29 is 80.2 Å². The molecular formula is C93H182O17P2. The minimum atomic E-state index is -4.97. The lowest BCUT2D eigenvalue weighted by molar-refractivity contribution is -0.161. The summed E-state index contributed by atoms with van der Waals surface area (Å²) in [6.45, 7) is 7.42. The summed E-state index contributed by atoms with van der Waals surface area (Å²) >= 11 is 0. The molecule has 0 aliphatic carbocycles. The molecule has 19 heteroatoms. The van der Waals surface area contributed by atoms with Gasteiger partial charge in [0.1, 0.15) is 19.3 Å². The van der Waals surface area contributed by atoms with Gasteiger partial charge in [-0.3, -0.25) is 37.3 Å². The molecule has 0 radical (unpaired) electrons. The van der Waals surface area contributed by atoms with Gasteiger partial charge in [-0.15, -0.1) is 0 Å². The average Bonchev–Trinajstić information content (AvgIpc) is 0.900. The summed E-state index contributed by atoms with van der Waals surface area (Å²) in [5.41, 5.74) is 0. The van der Waals surface area contributed by atoms with Gasteiger partial charge >= 0.3 is 39.5 Å².